The number of aryl methyl sites for hydroxylation is 1. The molecule has 1 aromatic carbocycles. The molecule has 0 atom stereocenters. The zero-order chi connectivity index (χ0) is 24.5. The van der Waals surface area contributed by atoms with Crippen molar-refractivity contribution in [3.8, 4) is 0 Å². The lowest BCUT2D eigenvalue weighted by Crippen LogP contribution is -2.32. The molecule has 1 N–H and O–H groups in total. The van der Waals surface area contributed by atoms with Crippen LogP contribution in [0.1, 0.15) is 58.8 Å². The van der Waals surface area contributed by atoms with Gasteiger partial charge in [0.2, 0.25) is 6.41 Å². The summed E-state index contributed by atoms with van der Waals surface area (Å²) in [7, 11) is 1.54. The average Bonchev–Trinajstić information content (AvgIpc) is 2.90. The Hall–Kier alpha value is -3.62. The molecule has 0 unspecified atom stereocenters. The smallest absolute Gasteiger partial charge is 0.269 e. The monoisotopic (exact) mass is 479 g/mol. The van der Waals surface area contributed by atoms with E-state index in [4.69, 9.17) is 0 Å². The molecule has 0 bridgehead atoms. The van der Waals surface area contributed by atoms with Crippen LogP contribution in [0.25, 0.3) is 10.9 Å². The molecule has 1 saturated heterocycles. The molecule has 9 heteroatoms. The number of nitrogens with zero attached hydrogens (tertiary/aromatic N) is 4. The van der Waals surface area contributed by atoms with Crippen LogP contribution < -0.4 is 10.2 Å². The van der Waals surface area contributed by atoms with Gasteiger partial charge < -0.3 is 15.1 Å². The number of hydrogen-bond acceptors (Lipinski definition) is 5. The molecule has 2 aliphatic heterocycles. The Morgan fingerprint density at radius 3 is 2.71 bits per heavy atom. The summed E-state index contributed by atoms with van der Waals surface area (Å²) in [5.74, 6) is 0.169. The number of piperidine rings is 1. The minimum Gasteiger partial charge on any atom is -0.354 e. The van der Waals surface area contributed by atoms with E-state index < -0.39 is 6.43 Å². The van der Waals surface area contributed by atoms with Crippen LogP contribution in [0, 0.1) is 0 Å². The normalized spacial score (nSPS) is 16.5. The molecule has 4 heterocycles. The van der Waals surface area contributed by atoms with Crippen LogP contribution in [0.3, 0.4) is 0 Å². The van der Waals surface area contributed by atoms with E-state index in [1.165, 1.54) is 0 Å². The van der Waals surface area contributed by atoms with Crippen LogP contribution in [-0.4, -0.2) is 53.9 Å². The fourth-order valence-corrected chi connectivity index (χ4v) is 5.25. The number of rotatable bonds is 5. The van der Waals surface area contributed by atoms with E-state index in [1.807, 2.05) is 17.0 Å². The van der Waals surface area contributed by atoms with Gasteiger partial charge in [-0.1, -0.05) is 12.1 Å². The SMILES string of the molecule is CNC(=O)c1cc2cccnc2c(N2CCCc3cc(C4CCN(C=O)CC4)c(C(F)F)cc32)n1. The Labute approximate surface area is 202 Å². The van der Waals surface area contributed by atoms with Crippen LogP contribution in [0.15, 0.2) is 36.5 Å². The number of pyridine rings is 2. The van der Waals surface area contributed by atoms with Crippen LogP contribution in [0.2, 0.25) is 0 Å². The zero-order valence-electron chi connectivity index (χ0n) is 19.5. The maximum Gasteiger partial charge on any atom is 0.269 e. The van der Waals surface area contributed by atoms with E-state index in [0.29, 0.717) is 55.1 Å². The quantitative estimate of drug-likeness (QED) is 0.551. The second-order valence-electron chi connectivity index (χ2n) is 9.07. The molecule has 0 saturated carbocycles. The fourth-order valence-electron chi connectivity index (χ4n) is 5.25. The maximum atomic E-state index is 14.3. The molecule has 3 aromatic rings. The molecular weight excluding hydrogens is 452 g/mol. The largest absolute Gasteiger partial charge is 0.354 e. The first-order chi connectivity index (χ1) is 17.0. The third-order valence-electron chi connectivity index (χ3n) is 7.04. The van der Waals surface area contributed by atoms with Gasteiger partial charge in [-0.15, -0.1) is 0 Å². The van der Waals surface area contributed by atoms with E-state index in [-0.39, 0.29) is 23.1 Å². The predicted octanol–water partition coefficient (Wildman–Crippen LogP) is 4.35. The second-order valence-corrected chi connectivity index (χ2v) is 9.07. The average molecular weight is 480 g/mol. The standard InChI is InChI=1S/C26H27F2N5O2/c1-29-26(35)21-13-18-4-2-8-30-23(18)25(31-21)33-9-3-5-17-12-19(20(24(27)28)14-22(17)33)16-6-10-32(15-34)11-7-16/h2,4,8,12-16,24H,3,5-7,9-11H2,1H3,(H,29,35). The first-order valence-electron chi connectivity index (χ1n) is 11.9. The summed E-state index contributed by atoms with van der Waals surface area (Å²) in [6.07, 6.45) is 2.81. The van der Waals surface area contributed by atoms with Gasteiger partial charge in [0, 0.05) is 49.5 Å². The summed E-state index contributed by atoms with van der Waals surface area (Å²) in [6.45, 7) is 1.74. The Morgan fingerprint density at radius 1 is 1.20 bits per heavy atom. The number of amides is 2. The number of benzene rings is 1. The highest BCUT2D eigenvalue weighted by atomic mass is 19.3. The third-order valence-corrected chi connectivity index (χ3v) is 7.04. The van der Waals surface area contributed by atoms with Gasteiger partial charge in [-0.25, -0.2) is 13.8 Å². The van der Waals surface area contributed by atoms with Crippen molar-refractivity contribution in [3.63, 3.8) is 0 Å². The Kier molecular flexibility index (Phi) is 6.32. The predicted molar refractivity (Wildman–Crippen MR) is 129 cm³/mol. The first-order valence-corrected chi connectivity index (χ1v) is 11.9. The van der Waals surface area contributed by atoms with Gasteiger partial charge in [-0.3, -0.25) is 14.6 Å². The molecule has 2 amide bonds. The molecule has 5 rings (SSSR count). The van der Waals surface area contributed by atoms with Gasteiger partial charge in [-0.05, 0) is 60.9 Å². The molecule has 0 radical (unpaired) electrons. The number of alkyl halides is 2. The van der Waals surface area contributed by atoms with Gasteiger partial charge in [0.15, 0.2) is 5.82 Å². The highest BCUT2D eigenvalue weighted by molar-refractivity contribution is 5.99. The summed E-state index contributed by atoms with van der Waals surface area (Å²) in [4.78, 5) is 36.2. The molecule has 35 heavy (non-hydrogen) atoms. The molecule has 1 fully saturated rings. The van der Waals surface area contributed by atoms with Gasteiger partial charge in [0.1, 0.15) is 11.2 Å². The van der Waals surface area contributed by atoms with Crippen molar-refractivity contribution >= 4 is 34.7 Å². The summed E-state index contributed by atoms with van der Waals surface area (Å²) in [5.41, 5.74) is 3.26. The van der Waals surface area contributed by atoms with E-state index in [1.54, 1.807) is 36.3 Å². The number of anilines is 2. The maximum absolute atomic E-state index is 14.3. The minimum absolute atomic E-state index is 0.00641. The van der Waals surface area contributed by atoms with E-state index >= 15 is 0 Å². The van der Waals surface area contributed by atoms with E-state index in [0.717, 1.165) is 30.2 Å². The molecule has 7 nitrogen and oxygen atoms in total. The van der Waals surface area contributed by atoms with Gasteiger partial charge >= 0.3 is 0 Å². The van der Waals surface area contributed by atoms with E-state index in [9.17, 15) is 18.4 Å². The highest BCUT2D eigenvalue weighted by Gasteiger charge is 2.30. The number of carbonyl (C=O) groups excluding carboxylic acids is 2. The van der Waals surface area contributed by atoms with Crippen molar-refractivity contribution in [2.75, 3.05) is 31.6 Å². The van der Waals surface area contributed by atoms with Crippen molar-refractivity contribution < 1.29 is 18.4 Å². The summed E-state index contributed by atoms with van der Waals surface area (Å²) >= 11 is 0. The number of aromatic nitrogens is 2. The van der Waals surface area contributed by atoms with Crippen LogP contribution in [0.5, 0.6) is 0 Å². The molecule has 182 valence electrons. The lowest BCUT2D eigenvalue weighted by atomic mass is 9.84. The minimum atomic E-state index is -2.62. The highest BCUT2D eigenvalue weighted by Crippen LogP contribution is 2.42. The summed E-state index contributed by atoms with van der Waals surface area (Å²) in [5, 5.41) is 3.37. The van der Waals surface area contributed by atoms with Crippen molar-refractivity contribution in [2.45, 2.75) is 38.0 Å². The van der Waals surface area contributed by atoms with Crippen molar-refractivity contribution in [1.29, 1.82) is 0 Å². The Bertz CT molecular complexity index is 1270. The van der Waals surface area contributed by atoms with Crippen molar-refractivity contribution in [3.05, 3.63) is 58.9 Å². The molecule has 0 aliphatic carbocycles. The van der Waals surface area contributed by atoms with Gasteiger partial charge in [0.25, 0.3) is 12.3 Å². The third kappa shape index (κ3) is 4.31. The van der Waals surface area contributed by atoms with Gasteiger partial charge in [-0.2, -0.15) is 0 Å². The number of halogens is 2. The second kappa shape index (κ2) is 9.56. The Balaban J connectivity index is 1.62. The van der Waals surface area contributed by atoms with Crippen molar-refractivity contribution in [2.24, 2.45) is 0 Å². The summed E-state index contributed by atoms with van der Waals surface area (Å²) < 4.78 is 28.7. The number of hydrogen-bond donors (Lipinski definition) is 1. The van der Waals surface area contributed by atoms with Crippen LogP contribution >= 0.6 is 0 Å². The molecular formula is C26H27F2N5O2. The van der Waals surface area contributed by atoms with E-state index in [2.05, 4.69) is 15.3 Å². The van der Waals surface area contributed by atoms with Crippen LogP contribution in [0.4, 0.5) is 20.3 Å². The molecule has 0 spiro atoms. The number of carbonyl (C=O) groups is 2. The topological polar surface area (TPSA) is 78.4 Å². The molecule has 2 aromatic heterocycles. The lowest BCUT2D eigenvalue weighted by molar-refractivity contribution is -0.119. The fraction of sp³-hybridized carbons (Fsp3) is 0.385. The zero-order valence-corrected chi connectivity index (χ0v) is 19.5. The first kappa shape index (κ1) is 23.1. The number of fused-ring (bicyclic) bond motifs is 2. The molecule has 2 aliphatic rings. The number of nitrogens with one attached hydrogen (secondary N) is 1. The lowest BCUT2D eigenvalue weighted by Gasteiger charge is -2.35. The van der Waals surface area contributed by atoms with Crippen LogP contribution in [-0.2, 0) is 11.2 Å². The van der Waals surface area contributed by atoms with Crippen molar-refractivity contribution in [1.82, 2.24) is 20.2 Å². The van der Waals surface area contributed by atoms with Gasteiger partial charge in [0.05, 0.1) is 0 Å². The number of likely N-dealkylation sites (tertiary alicyclic amines) is 1. The Morgan fingerprint density at radius 2 is 2.00 bits per heavy atom. The summed E-state index contributed by atoms with van der Waals surface area (Å²) in [6, 6.07) is 8.88.